The Hall–Kier alpha value is -1.64. The second-order valence-electron chi connectivity index (χ2n) is 5.13. The van der Waals surface area contributed by atoms with Crippen LogP contribution in [-0.2, 0) is 16.1 Å². The van der Waals surface area contributed by atoms with Crippen LogP contribution in [0.4, 0.5) is 4.79 Å². The molecule has 0 saturated carbocycles. The number of likely N-dealkylation sites (tertiary alicyclic amines) is 1. The Balaban J connectivity index is 0.00000264. The van der Waals surface area contributed by atoms with Gasteiger partial charge in [0, 0.05) is 4.88 Å². The molecule has 128 valence electrons. The lowest BCUT2D eigenvalue weighted by atomic mass is 10.0. The first-order valence-electron chi connectivity index (χ1n) is 7.13. The molecule has 23 heavy (non-hydrogen) atoms. The van der Waals surface area contributed by atoms with Gasteiger partial charge in [0.15, 0.2) is 0 Å². The summed E-state index contributed by atoms with van der Waals surface area (Å²) in [5.74, 6) is -1.41. The Kier molecular flexibility index (Phi) is 8.01. The van der Waals surface area contributed by atoms with Gasteiger partial charge in [-0.25, -0.2) is 4.79 Å². The molecule has 7 nitrogen and oxygen atoms in total. The molecule has 0 aliphatic carbocycles. The van der Waals surface area contributed by atoms with Gasteiger partial charge in [-0.2, -0.15) is 0 Å². The summed E-state index contributed by atoms with van der Waals surface area (Å²) in [6, 6.07) is 2.56. The number of carboxylic acids is 1. The number of halogens is 1. The van der Waals surface area contributed by atoms with Gasteiger partial charge < -0.3 is 10.4 Å². The zero-order valence-electron chi connectivity index (χ0n) is 12.5. The molecule has 1 fully saturated rings. The summed E-state index contributed by atoms with van der Waals surface area (Å²) in [5.41, 5.74) is 0. The van der Waals surface area contributed by atoms with Crippen LogP contribution in [0.15, 0.2) is 17.5 Å². The number of aliphatic carboxylic acids is 1. The highest BCUT2D eigenvalue weighted by molar-refractivity contribution is 7.09. The molecule has 0 radical (unpaired) electrons. The van der Waals surface area contributed by atoms with Gasteiger partial charge in [-0.05, 0) is 30.8 Å². The van der Waals surface area contributed by atoms with Gasteiger partial charge >= 0.3 is 12.0 Å². The molecule has 3 amide bonds. The minimum Gasteiger partial charge on any atom is -0.480 e. The fourth-order valence-electron chi connectivity index (χ4n) is 2.44. The number of thiophene rings is 1. The highest BCUT2D eigenvalue weighted by Crippen LogP contribution is 2.16. The topological polar surface area (TPSA) is 98.7 Å². The lowest BCUT2D eigenvalue weighted by molar-refractivity contribution is -0.145. The first-order valence-corrected chi connectivity index (χ1v) is 8.01. The normalized spacial score (nSPS) is 17.8. The fourth-order valence-corrected chi connectivity index (χ4v) is 3.08. The molecular weight excluding hydrogens is 342 g/mol. The van der Waals surface area contributed by atoms with E-state index in [0.29, 0.717) is 19.5 Å². The molecule has 0 spiro atoms. The maximum absolute atomic E-state index is 11.8. The largest absolute Gasteiger partial charge is 0.480 e. The summed E-state index contributed by atoms with van der Waals surface area (Å²) in [7, 11) is 0. The molecule has 2 rings (SSSR count). The highest BCUT2D eigenvalue weighted by atomic mass is 35.5. The summed E-state index contributed by atoms with van der Waals surface area (Å²) >= 11 is 1.51. The van der Waals surface area contributed by atoms with E-state index in [1.807, 2.05) is 17.5 Å². The summed E-state index contributed by atoms with van der Waals surface area (Å²) in [5, 5.41) is 15.9. The molecule has 1 aromatic heterocycles. The monoisotopic (exact) mass is 361 g/mol. The number of amides is 3. The Morgan fingerprint density at radius 3 is 2.78 bits per heavy atom. The van der Waals surface area contributed by atoms with Crippen molar-refractivity contribution in [2.45, 2.75) is 31.8 Å². The van der Waals surface area contributed by atoms with E-state index in [1.54, 1.807) is 4.90 Å². The van der Waals surface area contributed by atoms with Crippen LogP contribution in [0.3, 0.4) is 0 Å². The maximum Gasteiger partial charge on any atom is 0.321 e. The van der Waals surface area contributed by atoms with Gasteiger partial charge in [0.2, 0.25) is 5.91 Å². The molecule has 2 heterocycles. The minimum atomic E-state index is -0.922. The van der Waals surface area contributed by atoms with Crippen molar-refractivity contribution in [2.75, 3.05) is 13.1 Å². The van der Waals surface area contributed by atoms with E-state index in [0.717, 1.165) is 17.7 Å². The number of imide groups is 1. The van der Waals surface area contributed by atoms with Crippen LogP contribution in [0.2, 0.25) is 0 Å². The Morgan fingerprint density at radius 1 is 1.35 bits per heavy atom. The van der Waals surface area contributed by atoms with E-state index >= 15 is 0 Å². The smallest absolute Gasteiger partial charge is 0.321 e. The molecule has 1 saturated heterocycles. The molecule has 1 atom stereocenters. The Morgan fingerprint density at radius 2 is 2.13 bits per heavy atom. The predicted molar refractivity (Wildman–Crippen MR) is 88.8 cm³/mol. The molecule has 1 aliphatic heterocycles. The van der Waals surface area contributed by atoms with Crippen LogP contribution < -0.4 is 10.6 Å². The number of urea groups is 1. The van der Waals surface area contributed by atoms with Gasteiger partial charge in [0.1, 0.15) is 6.04 Å². The number of hydrogen-bond donors (Lipinski definition) is 3. The summed E-state index contributed by atoms with van der Waals surface area (Å²) in [6.07, 6.45) is 2.24. The molecule has 0 bridgehead atoms. The van der Waals surface area contributed by atoms with E-state index in [-0.39, 0.29) is 19.0 Å². The number of carbonyl (C=O) groups excluding carboxylic acids is 2. The summed E-state index contributed by atoms with van der Waals surface area (Å²) < 4.78 is 0. The van der Waals surface area contributed by atoms with Crippen LogP contribution in [0.5, 0.6) is 0 Å². The number of piperidine rings is 1. The van der Waals surface area contributed by atoms with Gasteiger partial charge in [-0.3, -0.25) is 19.8 Å². The van der Waals surface area contributed by atoms with Crippen molar-refractivity contribution in [3.8, 4) is 0 Å². The first kappa shape index (κ1) is 19.4. The third kappa shape index (κ3) is 6.17. The van der Waals surface area contributed by atoms with Crippen molar-refractivity contribution < 1.29 is 19.5 Å². The standard InChI is InChI=1S/C14H19N3O4S.ClH/c18-12(9-17-6-2-1-5-11(17)13(19)20)16-14(21)15-8-10-4-3-7-22-10;/h3-4,7,11H,1-2,5-6,8-9H2,(H,19,20)(H2,15,16,18,21);1H. The number of rotatable bonds is 5. The molecule has 1 unspecified atom stereocenters. The quantitative estimate of drug-likeness (QED) is 0.737. The van der Waals surface area contributed by atoms with Crippen LogP contribution >= 0.6 is 23.7 Å². The second-order valence-corrected chi connectivity index (χ2v) is 6.16. The molecule has 1 aliphatic rings. The van der Waals surface area contributed by atoms with Crippen molar-refractivity contribution in [3.05, 3.63) is 22.4 Å². The van der Waals surface area contributed by atoms with E-state index in [9.17, 15) is 14.4 Å². The lowest BCUT2D eigenvalue weighted by Crippen LogP contribution is -2.50. The van der Waals surface area contributed by atoms with Crippen LogP contribution in [0.25, 0.3) is 0 Å². The number of nitrogens with zero attached hydrogens (tertiary/aromatic N) is 1. The third-order valence-corrected chi connectivity index (χ3v) is 4.38. The third-order valence-electron chi connectivity index (χ3n) is 3.50. The molecule has 0 aromatic carbocycles. The SMILES string of the molecule is Cl.O=C(CN1CCCCC1C(=O)O)NC(=O)NCc1cccs1. The maximum atomic E-state index is 11.8. The van der Waals surface area contributed by atoms with Gasteiger partial charge in [-0.15, -0.1) is 23.7 Å². The van der Waals surface area contributed by atoms with E-state index in [1.165, 1.54) is 11.3 Å². The van der Waals surface area contributed by atoms with E-state index in [4.69, 9.17) is 5.11 Å². The number of nitrogens with one attached hydrogen (secondary N) is 2. The van der Waals surface area contributed by atoms with Gasteiger partial charge in [0.25, 0.3) is 0 Å². The molecule has 3 N–H and O–H groups in total. The number of hydrogen-bond acceptors (Lipinski definition) is 5. The first-order chi connectivity index (χ1) is 10.6. The Bertz CT molecular complexity index is 538. The highest BCUT2D eigenvalue weighted by Gasteiger charge is 2.29. The Labute approximate surface area is 144 Å². The van der Waals surface area contributed by atoms with Crippen molar-refractivity contribution >= 4 is 41.7 Å². The van der Waals surface area contributed by atoms with Gasteiger partial charge in [-0.1, -0.05) is 12.5 Å². The van der Waals surface area contributed by atoms with Crippen molar-refractivity contribution in [1.29, 1.82) is 0 Å². The van der Waals surface area contributed by atoms with Crippen LogP contribution in [-0.4, -0.2) is 47.0 Å². The molecule has 9 heteroatoms. The summed E-state index contributed by atoms with van der Waals surface area (Å²) in [6.45, 7) is 0.836. The average molecular weight is 362 g/mol. The lowest BCUT2D eigenvalue weighted by Gasteiger charge is -2.31. The minimum absolute atomic E-state index is 0. The predicted octanol–water partition coefficient (Wildman–Crippen LogP) is 1.43. The van der Waals surface area contributed by atoms with E-state index < -0.39 is 23.9 Å². The van der Waals surface area contributed by atoms with Crippen LogP contribution in [0, 0.1) is 0 Å². The van der Waals surface area contributed by atoms with Crippen molar-refractivity contribution in [3.63, 3.8) is 0 Å². The summed E-state index contributed by atoms with van der Waals surface area (Å²) in [4.78, 5) is 37.2. The molecular formula is C14H20ClN3O4S. The van der Waals surface area contributed by atoms with Crippen LogP contribution in [0.1, 0.15) is 24.1 Å². The molecule has 1 aromatic rings. The zero-order chi connectivity index (χ0) is 15.9. The fraction of sp³-hybridized carbons (Fsp3) is 0.500. The number of carbonyl (C=O) groups is 3. The van der Waals surface area contributed by atoms with E-state index in [2.05, 4.69) is 10.6 Å². The number of carboxylic acid groups (broad SMARTS) is 1. The van der Waals surface area contributed by atoms with Gasteiger partial charge in [0.05, 0.1) is 13.1 Å². The second kappa shape index (κ2) is 9.49. The average Bonchev–Trinajstić information content (AvgIpc) is 2.98. The van der Waals surface area contributed by atoms with Crippen molar-refractivity contribution in [1.82, 2.24) is 15.5 Å². The zero-order valence-corrected chi connectivity index (χ0v) is 14.1. The van der Waals surface area contributed by atoms with Crippen molar-refractivity contribution in [2.24, 2.45) is 0 Å².